The number of rotatable bonds is 7. The largest absolute Gasteiger partial charge is 0.311 e. The van der Waals surface area contributed by atoms with E-state index in [0.29, 0.717) is 0 Å². The van der Waals surface area contributed by atoms with Crippen molar-refractivity contribution < 1.29 is 0 Å². The van der Waals surface area contributed by atoms with Gasteiger partial charge in [0.05, 0.1) is 15.7 Å². The number of hydrogen-bond donors (Lipinski definition) is 0. The molecule has 3 heteroatoms. The van der Waals surface area contributed by atoms with Crippen molar-refractivity contribution in [3.63, 3.8) is 0 Å². The van der Waals surface area contributed by atoms with Crippen LogP contribution in [0.3, 0.4) is 0 Å². The molecule has 9 rings (SSSR count). The molecular formula is C47H34N2S. The van der Waals surface area contributed by atoms with Gasteiger partial charge in [-0.1, -0.05) is 121 Å². The van der Waals surface area contributed by atoms with Crippen molar-refractivity contribution in [2.45, 2.75) is 6.92 Å². The average Bonchev–Trinajstić information content (AvgIpc) is 3.74. The highest BCUT2D eigenvalue weighted by Crippen LogP contribution is 2.43. The van der Waals surface area contributed by atoms with Crippen LogP contribution in [-0.4, -0.2) is 4.57 Å². The molecule has 0 fully saturated rings. The predicted octanol–water partition coefficient (Wildman–Crippen LogP) is 13.6. The summed E-state index contributed by atoms with van der Waals surface area (Å²) >= 11 is 1.89. The summed E-state index contributed by atoms with van der Waals surface area (Å²) in [6.07, 6.45) is 0. The highest BCUT2D eigenvalue weighted by Gasteiger charge is 2.18. The monoisotopic (exact) mass is 658 g/mol. The SMILES string of the molecule is Cc1ccccc1-c1cc2c(s1)c1cc(-c3ccc(N(c4ccccc4)c4ccc(-c5ccccc5)cc4)cc3)ccc1n2-c1ccccc1. The van der Waals surface area contributed by atoms with Gasteiger partial charge in [0.15, 0.2) is 0 Å². The van der Waals surface area contributed by atoms with Crippen LogP contribution in [0.25, 0.3) is 59.5 Å². The Balaban J connectivity index is 1.12. The van der Waals surface area contributed by atoms with E-state index >= 15 is 0 Å². The lowest BCUT2D eigenvalue weighted by Gasteiger charge is -2.26. The molecular weight excluding hydrogens is 625 g/mol. The van der Waals surface area contributed by atoms with E-state index in [1.807, 2.05) is 11.3 Å². The van der Waals surface area contributed by atoms with Crippen LogP contribution < -0.4 is 4.90 Å². The van der Waals surface area contributed by atoms with Crippen molar-refractivity contribution in [1.29, 1.82) is 0 Å². The molecule has 0 N–H and O–H groups in total. The zero-order chi connectivity index (χ0) is 33.4. The zero-order valence-electron chi connectivity index (χ0n) is 27.7. The molecule has 0 radical (unpaired) electrons. The molecule has 0 spiro atoms. The van der Waals surface area contributed by atoms with Crippen LogP contribution in [0, 0.1) is 6.92 Å². The maximum atomic E-state index is 2.41. The van der Waals surface area contributed by atoms with Crippen LogP contribution in [0.2, 0.25) is 0 Å². The van der Waals surface area contributed by atoms with Crippen molar-refractivity contribution in [2.75, 3.05) is 4.90 Å². The van der Waals surface area contributed by atoms with E-state index in [-0.39, 0.29) is 0 Å². The number of nitrogens with zero attached hydrogens (tertiary/aromatic N) is 2. The van der Waals surface area contributed by atoms with Gasteiger partial charge in [-0.2, -0.15) is 0 Å². The van der Waals surface area contributed by atoms with Crippen molar-refractivity contribution in [2.24, 2.45) is 0 Å². The Morgan fingerprint density at radius 3 is 1.62 bits per heavy atom. The molecule has 0 aliphatic rings. The van der Waals surface area contributed by atoms with Gasteiger partial charge >= 0.3 is 0 Å². The lowest BCUT2D eigenvalue weighted by atomic mass is 10.0. The van der Waals surface area contributed by atoms with Gasteiger partial charge in [-0.05, 0) is 107 Å². The van der Waals surface area contributed by atoms with Crippen LogP contribution >= 0.6 is 11.3 Å². The Morgan fingerprint density at radius 1 is 0.440 bits per heavy atom. The van der Waals surface area contributed by atoms with E-state index in [9.17, 15) is 0 Å². The first-order chi connectivity index (χ1) is 24.7. The Labute approximate surface area is 296 Å². The molecule has 0 aliphatic carbocycles. The first-order valence-electron chi connectivity index (χ1n) is 17.0. The van der Waals surface area contributed by atoms with E-state index in [4.69, 9.17) is 0 Å². The molecule has 0 atom stereocenters. The second kappa shape index (κ2) is 12.7. The van der Waals surface area contributed by atoms with Crippen LogP contribution in [0.1, 0.15) is 5.56 Å². The first-order valence-corrected chi connectivity index (χ1v) is 17.8. The molecule has 0 unspecified atom stereocenters. The van der Waals surface area contributed by atoms with Gasteiger partial charge in [0, 0.05) is 33.0 Å². The zero-order valence-corrected chi connectivity index (χ0v) is 28.5. The van der Waals surface area contributed by atoms with Crippen molar-refractivity contribution >= 4 is 49.5 Å². The number of hydrogen-bond acceptors (Lipinski definition) is 2. The fourth-order valence-electron chi connectivity index (χ4n) is 7.06. The Morgan fingerprint density at radius 2 is 0.960 bits per heavy atom. The third-order valence-corrected chi connectivity index (χ3v) is 10.8. The van der Waals surface area contributed by atoms with Gasteiger partial charge in [-0.15, -0.1) is 11.3 Å². The van der Waals surface area contributed by atoms with E-state index in [1.165, 1.54) is 65.1 Å². The minimum atomic E-state index is 1.12. The first kappa shape index (κ1) is 29.9. The summed E-state index contributed by atoms with van der Waals surface area (Å²) in [4.78, 5) is 3.62. The Hall–Kier alpha value is -6.16. The van der Waals surface area contributed by atoms with Gasteiger partial charge in [0.2, 0.25) is 0 Å². The molecule has 238 valence electrons. The molecule has 0 amide bonds. The maximum absolute atomic E-state index is 2.41. The average molecular weight is 659 g/mol. The van der Waals surface area contributed by atoms with Crippen molar-refractivity contribution in [3.05, 3.63) is 194 Å². The van der Waals surface area contributed by atoms with Gasteiger partial charge in [0.1, 0.15) is 0 Å². The van der Waals surface area contributed by atoms with Gasteiger partial charge in [-0.3, -0.25) is 0 Å². The minimum absolute atomic E-state index is 1.12. The summed E-state index contributed by atoms with van der Waals surface area (Å²) in [5.41, 5.74) is 14.4. The predicted molar refractivity (Wildman–Crippen MR) is 214 cm³/mol. The number of aryl methyl sites for hydroxylation is 1. The molecule has 0 aliphatic heterocycles. The maximum Gasteiger partial charge on any atom is 0.0655 e. The fraction of sp³-hybridized carbons (Fsp3) is 0.0213. The normalized spacial score (nSPS) is 11.3. The highest BCUT2D eigenvalue weighted by atomic mass is 32.1. The number of fused-ring (bicyclic) bond motifs is 3. The lowest BCUT2D eigenvalue weighted by molar-refractivity contribution is 1.18. The molecule has 2 aromatic heterocycles. The van der Waals surface area contributed by atoms with Crippen LogP contribution in [-0.2, 0) is 0 Å². The number of aromatic nitrogens is 1. The van der Waals surface area contributed by atoms with Gasteiger partial charge < -0.3 is 9.47 Å². The van der Waals surface area contributed by atoms with Crippen molar-refractivity contribution in [1.82, 2.24) is 4.57 Å². The molecule has 0 bridgehead atoms. The molecule has 7 aromatic carbocycles. The number of benzene rings is 7. The second-order valence-corrected chi connectivity index (χ2v) is 13.7. The van der Waals surface area contributed by atoms with Gasteiger partial charge in [-0.25, -0.2) is 0 Å². The van der Waals surface area contributed by atoms with Crippen molar-refractivity contribution in [3.8, 4) is 38.4 Å². The highest BCUT2D eigenvalue weighted by molar-refractivity contribution is 7.23. The van der Waals surface area contributed by atoms with E-state index < -0.39 is 0 Å². The molecule has 2 heterocycles. The summed E-state index contributed by atoms with van der Waals surface area (Å²) in [5, 5.41) is 1.28. The van der Waals surface area contributed by atoms with Crippen LogP contribution in [0.15, 0.2) is 188 Å². The third kappa shape index (κ3) is 5.38. The molecule has 0 saturated heterocycles. The van der Waals surface area contributed by atoms with E-state index in [1.54, 1.807) is 0 Å². The molecule has 9 aromatic rings. The van der Waals surface area contributed by atoms with Crippen LogP contribution in [0.5, 0.6) is 0 Å². The fourth-order valence-corrected chi connectivity index (χ4v) is 8.32. The third-order valence-electron chi connectivity index (χ3n) is 9.57. The standard InChI is InChI=1S/C47H34N2S/c1-33-13-11-12-20-42(33)46-32-45-47(50-46)43-31-37(25-30-44(43)49(45)39-18-9-4-10-19-39)36-23-28-41(29-24-36)48(38-16-7-3-8-17-38)40-26-21-35(22-27-40)34-14-5-2-6-15-34/h2-32H,1H3. The topological polar surface area (TPSA) is 8.17 Å². The summed E-state index contributed by atoms with van der Waals surface area (Å²) in [6.45, 7) is 2.20. The summed E-state index contributed by atoms with van der Waals surface area (Å²) in [7, 11) is 0. The summed E-state index contributed by atoms with van der Waals surface area (Å²) < 4.78 is 3.73. The smallest absolute Gasteiger partial charge is 0.0655 e. The number of thiophene rings is 1. The second-order valence-electron chi connectivity index (χ2n) is 12.7. The van der Waals surface area contributed by atoms with Gasteiger partial charge in [0.25, 0.3) is 0 Å². The number of anilines is 3. The Kier molecular flexibility index (Phi) is 7.61. The van der Waals surface area contributed by atoms with E-state index in [2.05, 4.69) is 204 Å². The Bertz CT molecular complexity index is 2560. The minimum Gasteiger partial charge on any atom is -0.311 e. The molecule has 50 heavy (non-hydrogen) atoms. The summed E-state index contributed by atoms with van der Waals surface area (Å²) in [6, 6.07) is 67.7. The number of para-hydroxylation sites is 2. The quantitative estimate of drug-likeness (QED) is 0.165. The van der Waals surface area contributed by atoms with E-state index in [0.717, 1.165) is 17.1 Å². The molecule has 0 saturated carbocycles. The molecule has 2 nitrogen and oxygen atoms in total. The lowest BCUT2D eigenvalue weighted by Crippen LogP contribution is -2.09. The summed E-state index contributed by atoms with van der Waals surface area (Å²) in [5.74, 6) is 0. The van der Waals surface area contributed by atoms with Crippen LogP contribution in [0.4, 0.5) is 17.1 Å².